The van der Waals surface area contributed by atoms with Gasteiger partial charge in [-0.05, 0) is 31.0 Å². The van der Waals surface area contributed by atoms with Crippen LogP contribution in [-0.4, -0.2) is 30.6 Å². The van der Waals surface area contributed by atoms with Crippen LogP contribution in [0.3, 0.4) is 0 Å². The molecule has 0 saturated carbocycles. The summed E-state index contributed by atoms with van der Waals surface area (Å²) in [6, 6.07) is 8.04. The molecular weight excluding hydrogens is 282 g/mol. The summed E-state index contributed by atoms with van der Waals surface area (Å²) in [5.41, 5.74) is 1.21. The molecule has 1 atom stereocenters. The van der Waals surface area contributed by atoms with Crippen molar-refractivity contribution in [2.45, 2.75) is 25.4 Å². The van der Waals surface area contributed by atoms with Crippen molar-refractivity contribution in [2.75, 3.05) is 13.7 Å². The Labute approximate surface area is 110 Å². The molecule has 92 valence electrons. The predicted molar refractivity (Wildman–Crippen MR) is 69.6 cm³/mol. The second-order valence-electron chi connectivity index (χ2n) is 4.24. The zero-order valence-corrected chi connectivity index (χ0v) is 11.4. The first kappa shape index (κ1) is 12.6. The van der Waals surface area contributed by atoms with Gasteiger partial charge in [0, 0.05) is 11.0 Å². The molecule has 0 spiro atoms. The molecule has 4 heteroatoms. The van der Waals surface area contributed by atoms with Gasteiger partial charge in [-0.15, -0.1) is 0 Å². The quantitative estimate of drug-likeness (QED) is 0.803. The van der Waals surface area contributed by atoms with Crippen LogP contribution in [0.2, 0.25) is 0 Å². The number of carbonyl (C=O) groups is 1. The van der Waals surface area contributed by atoms with Crippen LogP contribution in [0.5, 0.6) is 0 Å². The number of rotatable bonds is 3. The Morgan fingerprint density at radius 1 is 1.53 bits per heavy atom. The highest BCUT2D eigenvalue weighted by molar-refractivity contribution is 9.10. The average molecular weight is 298 g/mol. The minimum Gasteiger partial charge on any atom is -0.468 e. The fraction of sp³-hybridized carbons (Fsp3) is 0.462. The van der Waals surface area contributed by atoms with Crippen molar-refractivity contribution in [2.24, 2.45) is 0 Å². The molecule has 1 heterocycles. The maximum absolute atomic E-state index is 11.6. The van der Waals surface area contributed by atoms with E-state index in [0.29, 0.717) is 0 Å². The first-order valence-corrected chi connectivity index (χ1v) is 6.57. The van der Waals surface area contributed by atoms with Gasteiger partial charge in [-0.3, -0.25) is 9.69 Å². The number of halogens is 1. The number of methoxy groups -OCH3 is 1. The SMILES string of the molecule is COC(=O)[C@@H]1CCCN1Cc1ccccc1Br. The zero-order chi connectivity index (χ0) is 12.3. The summed E-state index contributed by atoms with van der Waals surface area (Å²) in [5, 5.41) is 0. The third-order valence-electron chi connectivity index (χ3n) is 3.17. The lowest BCUT2D eigenvalue weighted by Gasteiger charge is -2.22. The van der Waals surface area contributed by atoms with Crippen LogP contribution in [0, 0.1) is 0 Å². The molecule has 0 bridgehead atoms. The maximum Gasteiger partial charge on any atom is 0.323 e. The van der Waals surface area contributed by atoms with Crippen molar-refractivity contribution in [3.63, 3.8) is 0 Å². The maximum atomic E-state index is 11.6. The van der Waals surface area contributed by atoms with Crippen molar-refractivity contribution >= 4 is 21.9 Å². The fourth-order valence-electron chi connectivity index (χ4n) is 2.26. The zero-order valence-electron chi connectivity index (χ0n) is 9.86. The summed E-state index contributed by atoms with van der Waals surface area (Å²) in [6.07, 6.45) is 1.96. The minimum atomic E-state index is -0.116. The Bertz CT molecular complexity index is 408. The van der Waals surface area contributed by atoms with Gasteiger partial charge in [0.1, 0.15) is 6.04 Å². The molecule has 3 nitrogen and oxygen atoms in total. The molecule has 17 heavy (non-hydrogen) atoms. The van der Waals surface area contributed by atoms with Crippen LogP contribution in [0.4, 0.5) is 0 Å². The van der Waals surface area contributed by atoms with Crippen molar-refractivity contribution < 1.29 is 9.53 Å². The molecule has 0 radical (unpaired) electrons. The highest BCUT2D eigenvalue weighted by Crippen LogP contribution is 2.24. The van der Waals surface area contributed by atoms with Gasteiger partial charge in [-0.1, -0.05) is 34.1 Å². The molecule has 0 unspecified atom stereocenters. The monoisotopic (exact) mass is 297 g/mol. The smallest absolute Gasteiger partial charge is 0.323 e. The molecule has 1 aromatic carbocycles. The highest BCUT2D eigenvalue weighted by Gasteiger charge is 2.31. The number of ether oxygens (including phenoxy) is 1. The first-order chi connectivity index (χ1) is 8.22. The van der Waals surface area contributed by atoms with Crippen LogP contribution in [0.15, 0.2) is 28.7 Å². The standard InChI is InChI=1S/C13H16BrNO2/c1-17-13(16)12-7-4-8-15(12)9-10-5-2-3-6-11(10)14/h2-3,5-6,12H,4,7-9H2,1H3/t12-/m0/s1. The molecule has 1 aliphatic rings. The third kappa shape index (κ3) is 2.87. The summed E-state index contributed by atoms with van der Waals surface area (Å²) in [7, 11) is 1.46. The number of likely N-dealkylation sites (tertiary alicyclic amines) is 1. The van der Waals surface area contributed by atoms with Crippen LogP contribution in [0.25, 0.3) is 0 Å². The number of benzene rings is 1. The van der Waals surface area contributed by atoms with Gasteiger partial charge in [0.2, 0.25) is 0 Å². The van der Waals surface area contributed by atoms with E-state index in [4.69, 9.17) is 4.74 Å². The van der Waals surface area contributed by atoms with E-state index in [1.165, 1.54) is 12.7 Å². The van der Waals surface area contributed by atoms with Gasteiger partial charge in [0.25, 0.3) is 0 Å². The van der Waals surface area contributed by atoms with Crippen LogP contribution in [0.1, 0.15) is 18.4 Å². The van der Waals surface area contributed by atoms with E-state index in [0.717, 1.165) is 30.4 Å². The number of hydrogen-bond acceptors (Lipinski definition) is 3. The highest BCUT2D eigenvalue weighted by atomic mass is 79.9. The fourth-order valence-corrected chi connectivity index (χ4v) is 2.67. The van der Waals surface area contributed by atoms with Crippen LogP contribution in [-0.2, 0) is 16.1 Å². The Morgan fingerprint density at radius 2 is 2.29 bits per heavy atom. The molecule has 0 N–H and O–H groups in total. The molecule has 0 aliphatic carbocycles. The first-order valence-electron chi connectivity index (χ1n) is 5.77. The lowest BCUT2D eigenvalue weighted by molar-refractivity contribution is -0.146. The molecule has 1 aromatic rings. The Kier molecular flexibility index (Phi) is 4.18. The van der Waals surface area contributed by atoms with E-state index in [9.17, 15) is 4.79 Å². The average Bonchev–Trinajstić information content (AvgIpc) is 2.79. The predicted octanol–water partition coefficient (Wildman–Crippen LogP) is 2.59. The number of hydrogen-bond donors (Lipinski definition) is 0. The van der Waals surface area contributed by atoms with Crippen molar-refractivity contribution in [1.82, 2.24) is 4.90 Å². The molecule has 1 saturated heterocycles. The largest absolute Gasteiger partial charge is 0.468 e. The van der Waals surface area contributed by atoms with Crippen molar-refractivity contribution in [3.05, 3.63) is 34.3 Å². The van der Waals surface area contributed by atoms with Gasteiger partial charge < -0.3 is 4.74 Å². The number of esters is 1. The van der Waals surface area contributed by atoms with Crippen molar-refractivity contribution in [1.29, 1.82) is 0 Å². The summed E-state index contributed by atoms with van der Waals surface area (Å²) >= 11 is 3.53. The Hall–Kier alpha value is -0.870. The Morgan fingerprint density at radius 3 is 3.00 bits per heavy atom. The molecule has 0 amide bonds. The van der Waals surface area contributed by atoms with E-state index in [-0.39, 0.29) is 12.0 Å². The van der Waals surface area contributed by atoms with Crippen LogP contribution >= 0.6 is 15.9 Å². The van der Waals surface area contributed by atoms with E-state index >= 15 is 0 Å². The molecular formula is C13H16BrNO2. The van der Waals surface area contributed by atoms with E-state index < -0.39 is 0 Å². The van der Waals surface area contributed by atoms with Gasteiger partial charge in [-0.2, -0.15) is 0 Å². The van der Waals surface area contributed by atoms with Crippen molar-refractivity contribution in [3.8, 4) is 0 Å². The summed E-state index contributed by atoms with van der Waals surface area (Å²) in [4.78, 5) is 13.8. The summed E-state index contributed by atoms with van der Waals surface area (Å²) in [6.45, 7) is 1.75. The molecule has 0 aromatic heterocycles. The van der Waals surface area contributed by atoms with Gasteiger partial charge in [0.05, 0.1) is 7.11 Å². The molecule has 1 aliphatic heterocycles. The lowest BCUT2D eigenvalue weighted by Crippen LogP contribution is -2.36. The third-order valence-corrected chi connectivity index (χ3v) is 3.94. The van der Waals surface area contributed by atoms with Gasteiger partial charge >= 0.3 is 5.97 Å². The van der Waals surface area contributed by atoms with E-state index in [1.807, 2.05) is 18.2 Å². The minimum absolute atomic E-state index is 0.0768. The van der Waals surface area contributed by atoms with Gasteiger partial charge in [0.15, 0.2) is 0 Å². The van der Waals surface area contributed by atoms with E-state index in [2.05, 4.69) is 26.9 Å². The summed E-state index contributed by atoms with van der Waals surface area (Å²) in [5.74, 6) is -0.116. The second-order valence-corrected chi connectivity index (χ2v) is 5.10. The lowest BCUT2D eigenvalue weighted by atomic mass is 10.2. The normalized spacial score (nSPS) is 20.5. The van der Waals surface area contributed by atoms with Crippen LogP contribution < -0.4 is 0 Å². The number of carbonyl (C=O) groups excluding carboxylic acids is 1. The second kappa shape index (κ2) is 5.65. The van der Waals surface area contributed by atoms with Gasteiger partial charge in [-0.25, -0.2) is 0 Å². The molecule has 1 fully saturated rings. The summed E-state index contributed by atoms with van der Waals surface area (Å²) < 4.78 is 5.93. The Balaban J connectivity index is 2.08. The number of nitrogens with zero attached hydrogens (tertiary/aromatic N) is 1. The topological polar surface area (TPSA) is 29.5 Å². The molecule has 2 rings (SSSR count). The van der Waals surface area contributed by atoms with E-state index in [1.54, 1.807) is 0 Å².